The van der Waals surface area contributed by atoms with Gasteiger partial charge in [0.15, 0.2) is 0 Å². The van der Waals surface area contributed by atoms with Crippen molar-refractivity contribution >= 4 is 51.3 Å². The Hall–Kier alpha value is -6.45. The molecule has 0 radical (unpaired) electrons. The smallest absolute Gasteiger partial charge is 0.137 e. The number of nitrogens with one attached hydrogen (secondary N) is 1. The number of anilines is 3. The number of rotatable bonds is 8. The highest BCUT2D eigenvalue weighted by Gasteiger charge is 2.19. The Morgan fingerprint density at radius 2 is 1.02 bits per heavy atom. The van der Waals surface area contributed by atoms with E-state index in [1.165, 1.54) is 22.9 Å². The lowest BCUT2D eigenvalue weighted by molar-refractivity contribution is 0.669. The monoisotopic (exact) mass is 616 g/mol. The Morgan fingerprint density at radius 1 is 0.479 bits per heavy atom. The van der Waals surface area contributed by atoms with Gasteiger partial charge in [-0.3, -0.25) is 0 Å². The van der Waals surface area contributed by atoms with E-state index in [0.29, 0.717) is 0 Å². The molecule has 8 rings (SSSR count). The largest absolute Gasteiger partial charge is 0.456 e. The van der Waals surface area contributed by atoms with Crippen LogP contribution in [0.5, 0.6) is 0 Å². The molecule has 0 bridgehead atoms. The quantitative estimate of drug-likeness (QED) is 0.173. The molecule has 0 amide bonds. The maximum Gasteiger partial charge on any atom is 0.137 e. The lowest BCUT2D eigenvalue weighted by Gasteiger charge is -2.28. The molecule has 1 heterocycles. The summed E-state index contributed by atoms with van der Waals surface area (Å²) in [5.74, 6) is 0. The van der Waals surface area contributed by atoms with E-state index in [-0.39, 0.29) is 0 Å². The van der Waals surface area contributed by atoms with E-state index >= 15 is 0 Å². The molecule has 1 aromatic heterocycles. The molecule has 0 aliphatic carbocycles. The van der Waals surface area contributed by atoms with Crippen LogP contribution in [0.3, 0.4) is 0 Å². The number of hydrogen-bond donors (Lipinski definition) is 1. The lowest BCUT2D eigenvalue weighted by atomic mass is 9.99. The van der Waals surface area contributed by atoms with Gasteiger partial charge in [-0.15, -0.1) is 0 Å². The van der Waals surface area contributed by atoms with Crippen molar-refractivity contribution in [1.29, 1.82) is 5.41 Å². The average Bonchev–Trinajstić information content (AvgIpc) is 3.52. The van der Waals surface area contributed by atoms with Crippen LogP contribution < -0.4 is 4.90 Å². The van der Waals surface area contributed by atoms with E-state index in [1.807, 2.05) is 18.2 Å². The third kappa shape index (κ3) is 5.28. The first-order chi connectivity index (χ1) is 23.7. The Kier molecular flexibility index (Phi) is 7.48. The summed E-state index contributed by atoms with van der Waals surface area (Å²) in [4.78, 5) is 2.30. The highest BCUT2D eigenvalue weighted by Crippen LogP contribution is 2.43. The minimum atomic E-state index is 0.755. The van der Waals surface area contributed by atoms with Crippen LogP contribution >= 0.6 is 0 Å². The zero-order chi connectivity index (χ0) is 32.5. The number of hydrogen-bond acceptors (Lipinski definition) is 3. The van der Waals surface area contributed by atoms with Gasteiger partial charge in [-0.05, 0) is 75.8 Å². The molecule has 228 valence electrons. The Balaban J connectivity index is 1.24. The molecule has 0 saturated heterocycles. The van der Waals surface area contributed by atoms with Crippen LogP contribution in [-0.4, -0.2) is 6.21 Å². The predicted octanol–water partition coefficient (Wildman–Crippen LogP) is 12.7. The molecular weight excluding hydrogens is 585 g/mol. The topological polar surface area (TPSA) is 40.2 Å². The van der Waals surface area contributed by atoms with Gasteiger partial charge in [-0.1, -0.05) is 128 Å². The highest BCUT2D eigenvalue weighted by atomic mass is 16.3. The molecule has 3 heteroatoms. The van der Waals surface area contributed by atoms with Gasteiger partial charge in [0, 0.05) is 45.6 Å². The summed E-state index contributed by atoms with van der Waals surface area (Å²) >= 11 is 0. The van der Waals surface area contributed by atoms with Crippen molar-refractivity contribution in [1.82, 2.24) is 0 Å². The first-order valence-electron chi connectivity index (χ1n) is 16.0. The molecule has 0 aliphatic rings. The fraction of sp³-hybridized carbons (Fsp3) is 0. The Labute approximate surface area is 280 Å². The van der Waals surface area contributed by atoms with Crippen LogP contribution in [-0.2, 0) is 0 Å². The SMILES string of the molecule is C=Cc1cc2c(cc1C=N)oc1cc(N(c3ccc(-c4ccc(-c5ccccc5)cc4)cc3)c3ccccc3-c3ccccc3)ccc12. The maximum atomic E-state index is 7.86. The van der Waals surface area contributed by atoms with E-state index < -0.39 is 0 Å². The third-order valence-electron chi connectivity index (χ3n) is 8.97. The summed E-state index contributed by atoms with van der Waals surface area (Å²) in [7, 11) is 0. The van der Waals surface area contributed by atoms with Crippen molar-refractivity contribution in [3.8, 4) is 33.4 Å². The van der Waals surface area contributed by atoms with Crippen molar-refractivity contribution in [3.05, 3.63) is 181 Å². The number of nitrogens with zero attached hydrogens (tertiary/aromatic N) is 1. The van der Waals surface area contributed by atoms with Gasteiger partial charge < -0.3 is 14.7 Å². The third-order valence-corrected chi connectivity index (χ3v) is 8.97. The Bertz CT molecular complexity index is 2410. The molecule has 48 heavy (non-hydrogen) atoms. The van der Waals surface area contributed by atoms with Crippen LogP contribution in [0.25, 0.3) is 61.4 Å². The molecule has 3 nitrogen and oxygen atoms in total. The van der Waals surface area contributed by atoms with E-state index in [2.05, 4.69) is 157 Å². The fourth-order valence-corrected chi connectivity index (χ4v) is 6.53. The predicted molar refractivity (Wildman–Crippen MR) is 203 cm³/mol. The summed E-state index contributed by atoms with van der Waals surface area (Å²) in [5.41, 5.74) is 13.4. The number of fused-ring (bicyclic) bond motifs is 3. The lowest BCUT2D eigenvalue weighted by Crippen LogP contribution is -2.11. The number of furan rings is 1. The minimum absolute atomic E-state index is 0.755. The molecule has 0 fully saturated rings. The Morgan fingerprint density at radius 3 is 1.67 bits per heavy atom. The molecule has 7 aromatic carbocycles. The summed E-state index contributed by atoms with van der Waals surface area (Å²) in [6.07, 6.45) is 3.13. The molecule has 0 atom stereocenters. The number of benzene rings is 7. The molecular formula is C45H32N2O. The molecule has 1 N–H and O–H groups in total. The standard InChI is InChI=1S/C45H32N2O/c1-2-31-27-42-41-26-25-39(29-45(41)48-44(42)28-37(31)30-46)47(43-16-10-9-15-40(43)36-13-7-4-8-14-36)38-23-21-35(22-24-38)34-19-17-33(18-20-34)32-11-5-3-6-12-32/h2-30,46H,1H2. The van der Waals surface area contributed by atoms with Crippen LogP contribution in [0, 0.1) is 5.41 Å². The van der Waals surface area contributed by atoms with Gasteiger partial charge in [0.1, 0.15) is 11.2 Å². The first-order valence-corrected chi connectivity index (χ1v) is 16.0. The zero-order valence-corrected chi connectivity index (χ0v) is 26.3. The summed E-state index contributed by atoms with van der Waals surface area (Å²) in [6, 6.07) is 57.4. The van der Waals surface area contributed by atoms with Crippen molar-refractivity contribution in [2.24, 2.45) is 0 Å². The molecule has 8 aromatic rings. The second kappa shape index (κ2) is 12.4. The van der Waals surface area contributed by atoms with E-state index in [0.717, 1.165) is 66.8 Å². The van der Waals surface area contributed by atoms with Crippen molar-refractivity contribution in [2.75, 3.05) is 4.90 Å². The second-order valence-electron chi connectivity index (χ2n) is 11.8. The van der Waals surface area contributed by atoms with Crippen LogP contribution in [0.1, 0.15) is 11.1 Å². The van der Waals surface area contributed by atoms with Gasteiger partial charge in [-0.25, -0.2) is 0 Å². The van der Waals surface area contributed by atoms with E-state index in [9.17, 15) is 0 Å². The number of para-hydroxylation sites is 1. The van der Waals surface area contributed by atoms with Gasteiger partial charge in [-0.2, -0.15) is 0 Å². The van der Waals surface area contributed by atoms with Gasteiger partial charge in [0.05, 0.1) is 5.69 Å². The summed E-state index contributed by atoms with van der Waals surface area (Å²) in [5, 5.41) is 9.90. The average molecular weight is 617 g/mol. The summed E-state index contributed by atoms with van der Waals surface area (Å²) < 4.78 is 6.43. The van der Waals surface area contributed by atoms with Crippen LogP contribution in [0.4, 0.5) is 17.1 Å². The van der Waals surface area contributed by atoms with Gasteiger partial charge in [0.2, 0.25) is 0 Å². The van der Waals surface area contributed by atoms with Gasteiger partial charge in [0.25, 0.3) is 0 Å². The zero-order valence-electron chi connectivity index (χ0n) is 26.3. The van der Waals surface area contributed by atoms with Crippen LogP contribution in [0.15, 0.2) is 175 Å². The highest BCUT2D eigenvalue weighted by molar-refractivity contribution is 6.08. The molecule has 0 spiro atoms. The normalized spacial score (nSPS) is 11.1. The van der Waals surface area contributed by atoms with Crippen molar-refractivity contribution in [2.45, 2.75) is 0 Å². The molecule has 0 unspecified atom stereocenters. The van der Waals surface area contributed by atoms with E-state index in [1.54, 1.807) is 6.08 Å². The van der Waals surface area contributed by atoms with Crippen molar-refractivity contribution in [3.63, 3.8) is 0 Å². The van der Waals surface area contributed by atoms with E-state index in [4.69, 9.17) is 9.83 Å². The maximum absolute atomic E-state index is 7.86. The molecule has 0 aliphatic heterocycles. The minimum Gasteiger partial charge on any atom is -0.456 e. The van der Waals surface area contributed by atoms with Gasteiger partial charge >= 0.3 is 0 Å². The summed E-state index contributed by atoms with van der Waals surface area (Å²) in [6.45, 7) is 3.95. The van der Waals surface area contributed by atoms with Crippen molar-refractivity contribution < 1.29 is 4.42 Å². The fourth-order valence-electron chi connectivity index (χ4n) is 6.53. The second-order valence-corrected chi connectivity index (χ2v) is 11.8. The first kappa shape index (κ1) is 29.0. The van der Waals surface area contributed by atoms with Crippen LogP contribution in [0.2, 0.25) is 0 Å². The molecule has 0 saturated carbocycles.